The maximum absolute atomic E-state index is 15.0. The van der Waals surface area contributed by atoms with Gasteiger partial charge in [-0.15, -0.1) is 5.10 Å². The average molecular weight is 441 g/mol. The molecule has 2 amide bonds. The van der Waals surface area contributed by atoms with Crippen molar-refractivity contribution >= 4 is 29.0 Å². The highest BCUT2D eigenvalue weighted by atomic mass is 32.1. The molecule has 1 atom stereocenters. The van der Waals surface area contributed by atoms with Crippen LogP contribution in [0.3, 0.4) is 0 Å². The van der Waals surface area contributed by atoms with Gasteiger partial charge in [0.1, 0.15) is 11.9 Å². The summed E-state index contributed by atoms with van der Waals surface area (Å²) in [5, 5.41) is 8.31. The van der Waals surface area contributed by atoms with Crippen LogP contribution >= 0.6 is 11.5 Å². The number of anilines is 1. The molecule has 3 rings (SSSR count). The molecule has 0 bridgehead atoms. The topological polar surface area (TPSA) is 75.2 Å². The zero-order valence-electron chi connectivity index (χ0n) is 18.1. The van der Waals surface area contributed by atoms with E-state index in [0.29, 0.717) is 5.69 Å². The highest BCUT2D eigenvalue weighted by Crippen LogP contribution is 2.34. The Balaban J connectivity index is 2.26. The van der Waals surface area contributed by atoms with Crippen LogP contribution in [0.25, 0.3) is 0 Å². The largest absolute Gasteiger partial charge is 0.349 e. The number of benzene rings is 2. The zero-order chi connectivity index (χ0) is 22.8. The van der Waals surface area contributed by atoms with E-state index in [1.165, 1.54) is 22.4 Å². The second kappa shape index (κ2) is 8.93. The van der Waals surface area contributed by atoms with Gasteiger partial charge in [0, 0.05) is 22.2 Å². The van der Waals surface area contributed by atoms with Crippen LogP contribution in [0.2, 0.25) is 0 Å². The molecule has 0 fully saturated rings. The molecule has 162 valence electrons. The fourth-order valence-corrected chi connectivity index (χ4v) is 3.69. The predicted molar refractivity (Wildman–Crippen MR) is 120 cm³/mol. The van der Waals surface area contributed by atoms with Crippen molar-refractivity contribution in [2.75, 3.05) is 4.90 Å². The third-order valence-corrected chi connectivity index (χ3v) is 5.13. The Labute approximate surface area is 185 Å². The highest BCUT2D eigenvalue weighted by molar-refractivity contribution is 7.03. The number of amides is 2. The van der Waals surface area contributed by atoms with Crippen molar-refractivity contribution in [1.29, 1.82) is 0 Å². The maximum Gasteiger partial charge on any atom is 0.280 e. The molecule has 8 heteroatoms. The van der Waals surface area contributed by atoms with Gasteiger partial charge in [-0.05, 0) is 69.4 Å². The Hall–Kier alpha value is -3.13. The summed E-state index contributed by atoms with van der Waals surface area (Å²) in [6, 6.07) is 10.3. The Morgan fingerprint density at radius 1 is 1.13 bits per heavy atom. The first-order valence-electron chi connectivity index (χ1n) is 9.83. The molecular formula is C23H25FN4O2S. The summed E-state index contributed by atoms with van der Waals surface area (Å²) in [5.41, 5.74) is 1.79. The van der Waals surface area contributed by atoms with E-state index in [1.54, 1.807) is 12.1 Å². The number of carbonyl (C=O) groups is 2. The van der Waals surface area contributed by atoms with Crippen LogP contribution in [0.4, 0.5) is 10.1 Å². The molecule has 1 aromatic heterocycles. The van der Waals surface area contributed by atoms with Gasteiger partial charge in [0.15, 0.2) is 5.69 Å². The Kier molecular flexibility index (Phi) is 6.50. The predicted octanol–water partition coefficient (Wildman–Crippen LogP) is 4.60. The van der Waals surface area contributed by atoms with Gasteiger partial charge in [-0.3, -0.25) is 14.5 Å². The number of aromatic nitrogens is 2. The van der Waals surface area contributed by atoms with Gasteiger partial charge in [0.05, 0.1) is 0 Å². The summed E-state index contributed by atoms with van der Waals surface area (Å²) in [7, 11) is 0. The summed E-state index contributed by atoms with van der Waals surface area (Å²) in [4.78, 5) is 28.4. The van der Waals surface area contributed by atoms with Gasteiger partial charge >= 0.3 is 0 Å². The standard InChI is InChI=1S/C23H25FN4O2S/c1-14-10-11-15(2)19(12-14)28(22(30)18-13-31-27-26-18)20(21(29)25-23(3,4)5)16-8-6-7-9-17(16)24/h6-13,20H,1-5H3,(H,25,29)/t20-/m1/s1. The molecule has 2 aromatic carbocycles. The molecule has 1 heterocycles. The summed E-state index contributed by atoms with van der Waals surface area (Å²) < 4.78 is 18.7. The lowest BCUT2D eigenvalue weighted by Gasteiger charge is -2.34. The number of hydrogen-bond acceptors (Lipinski definition) is 5. The Morgan fingerprint density at radius 3 is 2.45 bits per heavy atom. The lowest BCUT2D eigenvalue weighted by Crippen LogP contribution is -2.50. The first-order chi connectivity index (χ1) is 14.6. The van der Waals surface area contributed by atoms with Gasteiger partial charge in [0.25, 0.3) is 5.91 Å². The van der Waals surface area contributed by atoms with Gasteiger partial charge < -0.3 is 5.32 Å². The number of nitrogens with zero attached hydrogens (tertiary/aromatic N) is 3. The van der Waals surface area contributed by atoms with Gasteiger partial charge in [-0.1, -0.05) is 34.8 Å². The normalized spacial score (nSPS) is 12.3. The molecule has 31 heavy (non-hydrogen) atoms. The molecule has 0 aliphatic rings. The Morgan fingerprint density at radius 2 is 1.84 bits per heavy atom. The van der Waals surface area contributed by atoms with Crippen LogP contribution < -0.4 is 10.2 Å². The van der Waals surface area contributed by atoms with E-state index >= 15 is 0 Å². The van der Waals surface area contributed by atoms with Crippen LogP contribution in [0.15, 0.2) is 47.8 Å². The van der Waals surface area contributed by atoms with Crippen molar-refractivity contribution in [2.45, 2.75) is 46.2 Å². The minimum atomic E-state index is -1.24. The number of aryl methyl sites for hydroxylation is 2. The Bertz CT molecular complexity index is 1090. The molecule has 0 spiro atoms. The monoisotopic (exact) mass is 440 g/mol. The van der Waals surface area contributed by atoms with Crippen molar-refractivity contribution in [3.63, 3.8) is 0 Å². The van der Waals surface area contributed by atoms with Crippen LogP contribution in [0.5, 0.6) is 0 Å². The zero-order valence-corrected chi connectivity index (χ0v) is 19.0. The van der Waals surface area contributed by atoms with Crippen molar-refractivity contribution in [1.82, 2.24) is 14.9 Å². The van der Waals surface area contributed by atoms with E-state index in [9.17, 15) is 14.0 Å². The molecule has 0 aliphatic heterocycles. The van der Waals surface area contributed by atoms with Gasteiger partial charge in [-0.25, -0.2) is 4.39 Å². The van der Waals surface area contributed by atoms with E-state index in [4.69, 9.17) is 0 Å². The molecule has 1 N–H and O–H groups in total. The second-order valence-electron chi connectivity index (χ2n) is 8.42. The summed E-state index contributed by atoms with van der Waals surface area (Å²) >= 11 is 1.03. The van der Waals surface area contributed by atoms with Crippen molar-refractivity contribution in [3.8, 4) is 0 Å². The highest BCUT2D eigenvalue weighted by Gasteiger charge is 2.37. The number of rotatable bonds is 5. The minimum absolute atomic E-state index is 0.0933. The van der Waals surface area contributed by atoms with E-state index in [-0.39, 0.29) is 11.3 Å². The van der Waals surface area contributed by atoms with Crippen molar-refractivity contribution in [2.24, 2.45) is 0 Å². The smallest absolute Gasteiger partial charge is 0.280 e. The molecule has 3 aromatic rings. The van der Waals surface area contributed by atoms with E-state index < -0.39 is 29.2 Å². The molecule has 6 nitrogen and oxygen atoms in total. The fourth-order valence-electron chi connectivity index (χ4n) is 3.26. The first kappa shape index (κ1) is 22.6. The second-order valence-corrected chi connectivity index (χ2v) is 9.03. The lowest BCUT2D eigenvalue weighted by atomic mass is 9.98. The number of nitrogens with one attached hydrogen (secondary N) is 1. The van der Waals surface area contributed by atoms with Gasteiger partial charge in [-0.2, -0.15) is 0 Å². The van der Waals surface area contributed by atoms with Crippen LogP contribution in [0, 0.1) is 19.7 Å². The fraction of sp³-hybridized carbons (Fsp3) is 0.304. The molecule has 0 radical (unpaired) electrons. The van der Waals surface area contributed by atoms with E-state index in [1.807, 2.05) is 52.8 Å². The first-order valence-corrected chi connectivity index (χ1v) is 10.7. The molecule has 0 saturated heterocycles. The molecule has 0 aliphatic carbocycles. The summed E-state index contributed by atoms with van der Waals surface area (Å²) in [6.07, 6.45) is 0. The minimum Gasteiger partial charge on any atom is -0.349 e. The SMILES string of the molecule is Cc1ccc(C)c(N(C(=O)c2csnn2)[C@@H](C(=O)NC(C)(C)C)c2ccccc2F)c1. The number of halogens is 1. The maximum atomic E-state index is 15.0. The van der Waals surface area contributed by atoms with Crippen LogP contribution in [-0.2, 0) is 4.79 Å². The molecular weight excluding hydrogens is 415 g/mol. The lowest BCUT2D eigenvalue weighted by molar-refractivity contribution is -0.124. The molecule has 0 saturated carbocycles. The number of carbonyl (C=O) groups excluding carboxylic acids is 2. The van der Waals surface area contributed by atoms with E-state index in [0.717, 1.165) is 22.7 Å². The number of hydrogen-bond donors (Lipinski definition) is 1. The van der Waals surface area contributed by atoms with Gasteiger partial charge in [0.2, 0.25) is 5.91 Å². The third kappa shape index (κ3) is 5.14. The van der Waals surface area contributed by atoms with E-state index in [2.05, 4.69) is 14.9 Å². The third-order valence-electron chi connectivity index (χ3n) is 4.63. The summed E-state index contributed by atoms with van der Waals surface area (Å²) in [5.74, 6) is -1.59. The van der Waals surface area contributed by atoms with Crippen molar-refractivity contribution in [3.05, 3.63) is 76.0 Å². The average Bonchev–Trinajstić information content (AvgIpc) is 3.22. The van der Waals surface area contributed by atoms with Crippen LogP contribution in [0.1, 0.15) is 54.0 Å². The molecule has 0 unspecified atom stereocenters. The van der Waals surface area contributed by atoms with Crippen molar-refractivity contribution < 1.29 is 14.0 Å². The summed E-state index contributed by atoms with van der Waals surface area (Å²) in [6.45, 7) is 9.23. The quantitative estimate of drug-likeness (QED) is 0.629. The van der Waals surface area contributed by atoms with Crippen LogP contribution in [-0.4, -0.2) is 26.9 Å².